The molecular formula is C28H38I2N2O11. The van der Waals surface area contributed by atoms with Gasteiger partial charge < -0.3 is 33.2 Å². The van der Waals surface area contributed by atoms with E-state index in [0.717, 1.165) is 8.86 Å². The van der Waals surface area contributed by atoms with Crippen molar-refractivity contribution in [3.63, 3.8) is 0 Å². The zero-order chi connectivity index (χ0) is 31.1. The molecule has 15 heteroatoms. The molecule has 0 aromatic heterocycles. The number of hydrogen-bond donors (Lipinski definition) is 0. The zero-order valence-corrected chi connectivity index (χ0v) is 28.2. The second-order valence-electron chi connectivity index (χ2n) is 8.75. The molecule has 240 valence electrons. The van der Waals surface area contributed by atoms with Crippen molar-refractivity contribution in [2.75, 3.05) is 88.1 Å². The molecular weight excluding hydrogens is 794 g/mol. The Balaban J connectivity index is 1.95. The summed E-state index contributed by atoms with van der Waals surface area (Å²) in [6.45, 7) is 5.50. The number of alkyl halides is 2. The van der Waals surface area contributed by atoms with Crippen molar-refractivity contribution in [2.45, 2.75) is 12.8 Å². The molecule has 43 heavy (non-hydrogen) atoms. The van der Waals surface area contributed by atoms with E-state index in [9.17, 15) is 20.2 Å². The zero-order valence-electron chi connectivity index (χ0n) is 23.9. The van der Waals surface area contributed by atoms with Crippen LogP contribution in [0.25, 0.3) is 0 Å². The Morgan fingerprint density at radius 3 is 1.16 bits per heavy atom. The first-order chi connectivity index (χ1) is 21.0. The quantitative estimate of drug-likeness (QED) is 0.0397. The van der Waals surface area contributed by atoms with Crippen LogP contribution >= 0.6 is 45.2 Å². The van der Waals surface area contributed by atoms with Crippen LogP contribution in [0.3, 0.4) is 0 Å². The molecule has 0 fully saturated rings. The van der Waals surface area contributed by atoms with Crippen LogP contribution in [-0.4, -0.2) is 98.0 Å². The first-order valence-corrected chi connectivity index (χ1v) is 16.8. The molecule has 0 atom stereocenters. The Bertz CT molecular complexity index is 1010. The first-order valence-electron chi connectivity index (χ1n) is 13.8. The summed E-state index contributed by atoms with van der Waals surface area (Å²) < 4.78 is 41.0. The van der Waals surface area contributed by atoms with Crippen molar-refractivity contribution >= 4 is 56.6 Å². The van der Waals surface area contributed by atoms with E-state index in [-0.39, 0.29) is 11.4 Å². The van der Waals surface area contributed by atoms with Crippen molar-refractivity contribution in [2.24, 2.45) is 0 Å². The molecule has 0 spiro atoms. The fourth-order valence-corrected chi connectivity index (χ4v) is 4.25. The van der Waals surface area contributed by atoms with Gasteiger partial charge in [-0.05, 0) is 25.0 Å². The highest BCUT2D eigenvalue weighted by Crippen LogP contribution is 2.33. The molecule has 2 aromatic carbocycles. The smallest absolute Gasteiger partial charge is 0.269 e. The molecule has 2 aromatic rings. The van der Waals surface area contributed by atoms with Gasteiger partial charge in [0.25, 0.3) is 11.4 Å². The Hall–Kier alpha value is -1.74. The molecule has 0 saturated carbocycles. The van der Waals surface area contributed by atoms with E-state index in [1.807, 2.05) is 0 Å². The van der Waals surface area contributed by atoms with E-state index in [1.54, 1.807) is 0 Å². The van der Waals surface area contributed by atoms with Gasteiger partial charge in [0.1, 0.15) is 11.5 Å². The van der Waals surface area contributed by atoms with Gasteiger partial charge in [-0.15, -0.1) is 0 Å². The summed E-state index contributed by atoms with van der Waals surface area (Å²) >= 11 is 4.48. The third kappa shape index (κ3) is 16.2. The second kappa shape index (κ2) is 23.6. The Morgan fingerprint density at radius 1 is 0.512 bits per heavy atom. The lowest BCUT2D eigenvalue weighted by Gasteiger charge is -2.15. The Kier molecular flexibility index (Phi) is 20.6. The van der Waals surface area contributed by atoms with Gasteiger partial charge in [-0.1, -0.05) is 45.2 Å². The number of benzene rings is 2. The Labute approximate surface area is 278 Å². The number of hydrogen-bond acceptors (Lipinski definition) is 11. The van der Waals surface area contributed by atoms with E-state index in [1.165, 1.54) is 36.4 Å². The summed E-state index contributed by atoms with van der Waals surface area (Å²) in [6.07, 6.45) is 0.703. The number of ether oxygens (including phenoxy) is 7. The minimum absolute atomic E-state index is 0.0757. The van der Waals surface area contributed by atoms with Crippen LogP contribution < -0.4 is 4.74 Å². The van der Waals surface area contributed by atoms with E-state index >= 15 is 0 Å². The summed E-state index contributed by atoms with van der Waals surface area (Å²) in [7, 11) is 0. The molecule has 0 heterocycles. The molecule has 0 aliphatic heterocycles. The first kappa shape index (κ1) is 37.4. The maximum Gasteiger partial charge on any atom is 0.269 e. The topological polar surface area (TPSA) is 151 Å². The van der Waals surface area contributed by atoms with Crippen LogP contribution in [0.1, 0.15) is 11.1 Å². The average Bonchev–Trinajstić information content (AvgIpc) is 3.00. The van der Waals surface area contributed by atoms with E-state index in [4.69, 9.17) is 33.2 Å². The lowest BCUT2D eigenvalue weighted by molar-refractivity contribution is -0.385. The van der Waals surface area contributed by atoms with Gasteiger partial charge in [-0.25, -0.2) is 0 Å². The maximum absolute atomic E-state index is 11.4. The van der Waals surface area contributed by atoms with Crippen LogP contribution in [0.5, 0.6) is 11.5 Å². The standard InChI is InChI=1S/C28H38I2N2O11/c29-7-11-39-15-19-41-17-13-37-9-5-23-21-25(31(33)34)1-3-27(23)43-28-4-2-26(32(35)36)22-24(28)6-10-38-14-18-42-20-16-40-12-8-30/h1-4,21-22H,5-20H2. The Morgan fingerprint density at radius 2 is 0.837 bits per heavy atom. The van der Waals surface area contributed by atoms with E-state index < -0.39 is 9.85 Å². The monoisotopic (exact) mass is 832 g/mol. The van der Waals surface area contributed by atoms with Crippen LogP contribution in [-0.2, 0) is 41.3 Å². The third-order valence-corrected chi connectivity index (χ3v) is 6.57. The molecule has 2 rings (SSSR count). The van der Waals surface area contributed by atoms with E-state index in [2.05, 4.69) is 45.2 Å². The van der Waals surface area contributed by atoms with Gasteiger partial charge in [0, 0.05) is 44.2 Å². The highest BCUT2D eigenvalue weighted by atomic mass is 127. The number of nitro benzene ring substituents is 2. The van der Waals surface area contributed by atoms with Gasteiger partial charge in [0.05, 0.1) is 89.1 Å². The van der Waals surface area contributed by atoms with Crippen molar-refractivity contribution in [1.82, 2.24) is 0 Å². The minimum atomic E-state index is -0.474. The third-order valence-electron chi connectivity index (χ3n) is 5.69. The number of nitro groups is 2. The molecule has 0 unspecified atom stereocenters. The SMILES string of the molecule is O=[N+]([O-])c1ccc(Oc2ccc([N+](=O)[O-])cc2CCOCCOCCOCCI)c(CCOCCOCCOCCI)c1. The number of nitrogens with zero attached hydrogens (tertiary/aromatic N) is 2. The lowest BCUT2D eigenvalue weighted by Crippen LogP contribution is -2.11. The van der Waals surface area contributed by atoms with Gasteiger partial charge in [-0.2, -0.15) is 0 Å². The maximum atomic E-state index is 11.4. The van der Waals surface area contributed by atoms with Crippen LogP contribution in [0.4, 0.5) is 11.4 Å². The molecule has 0 aliphatic rings. The molecule has 0 radical (unpaired) electrons. The minimum Gasteiger partial charge on any atom is -0.457 e. The second-order valence-corrected chi connectivity index (χ2v) is 10.9. The van der Waals surface area contributed by atoms with Gasteiger partial charge in [-0.3, -0.25) is 20.2 Å². The van der Waals surface area contributed by atoms with Crippen molar-refractivity contribution in [3.05, 3.63) is 67.8 Å². The molecule has 0 amide bonds. The van der Waals surface area contributed by atoms with Gasteiger partial charge >= 0.3 is 0 Å². The molecule has 13 nitrogen and oxygen atoms in total. The fraction of sp³-hybridized carbons (Fsp3) is 0.571. The predicted octanol–water partition coefficient (Wildman–Crippen LogP) is 5.35. The van der Waals surface area contributed by atoms with E-state index in [0.29, 0.717) is 115 Å². The average molecular weight is 832 g/mol. The molecule has 0 N–H and O–H groups in total. The molecule has 0 aliphatic carbocycles. The molecule has 0 bridgehead atoms. The highest BCUT2D eigenvalue weighted by molar-refractivity contribution is 14.1. The lowest BCUT2D eigenvalue weighted by atomic mass is 10.1. The van der Waals surface area contributed by atoms with Crippen molar-refractivity contribution in [1.29, 1.82) is 0 Å². The predicted molar refractivity (Wildman–Crippen MR) is 176 cm³/mol. The van der Waals surface area contributed by atoms with Crippen LogP contribution in [0.2, 0.25) is 0 Å². The number of non-ortho nitro benzene ring substituents is 2. The van der Waals surface area contributed by atoms with Gasteiger partial charge in [0.2, 0.25) is 0 Å². The summed E-state index contributed by atoms with van der Waals surface area (Å²) in [5, 5.41) is 22.8. The fourth-order valence-electron chi connectivity index (χ4n) is 3.62. The van der Waals surface area contributed by atoms with Crippen molar-refractivity contribution < 1.29 is 43.0 Å². The number of rotatable bonds is 26. The number of halogens is 2. The summed E-state index contributed by atoms with van der Waals surface area (Å²) in [5.74, 6) is 0.791. The highest BCUT2D eigenvalue weighted by Gasteiger charge is 2.17. The van der Waals surface area contributed by atoms with Crippen molar-refractivity contribution in [3.8, 4) is 11.5 Å². The van der Waals surface area contributed by atoms with Gasteiger partial charge in [0.15, 0.2) is 0 Å². The normalized spacial score (nSPS) is 11.1. The van der Waals surface area contributed by atoms with Crippen LogP contribution in [0.15, 0.2) is 36.4 Å². The summed E-state index contributed by atoms with van der Waals surface area (Å²) in [5.41, 5.74) is 0.992. The molecule has 0 saturated heterocycles. The summed E-state index contributed by atoms with van der Waals surface area (Å²) in [6, 6.07) is 8.65. The van der Waals surface area contributed by atoms with Crippen LogP contribution in [0, 0.1) is 20.2 Å². The largest absolute Gasteiger partial charge is 0.457 e. The summed E-state index contributed by atoms with van der Waals surface area (Å²) in [4.78, 5) is 21.9.